The normalized spacial score (nSPS) is 17.7. The van der Waals surface area contributed by atoms with Crippen LogP contribution in [-0.2, 0) is 17.8 Å². The van der Waals surface area contributed by atoms with Crippen LogP contribution < -0.4 is 15.0 Å². The number of ether oxygens (including phenoxy) is 1. The van der Waals surface area contributed by atoms with Crippen molar-refractivity contribution in [2.45, 2.75) is 25.0 Å². The summed E-state index contributed by atoms with van der Waals surface area (Å²) in [4.78, 5) is 48.2. The van der Waals surface area contributed by atoms with Crippen LogP contribution in [0.25, 0.3) is 10.9 Å². The summed E-state index contributed by atoms with van der Waals surface area (Å²) in [6.07, 6.45) is 0.364. The lowest BCUT2D eigenvalue weighted by molar-refractivity contribution is -0.120. The number of hydrogen-bond donors (Lipinski definition) is 2. The molecule has 0 saturated carbocycles. The van der Waals surface area contributed by atoms with Gasteiger partial charge in [-0.3, -0.25) is 14.5 Å². The molecule has 4 aromatic carbocycles. The zero-order chi connectivity index (χ0) is 28.8. The highest BCUT2D eigenvalue weighted by molar-refractivity contribution is 6.24. The average Bonchev–Trinajstić information content (AvgIpc) is 3.53. The maximum Gasteiger partial charge on any atom is 0.332 e. The van der Waals surface area contributed by atoms with Crippen LogP contribution in [0.1, 0.15) is 38.8 Å². The summed E-state index contributed by atoms with van der Waals surface area (Å²) < 4.78 is 5.50. The van der Waals surface area contributed by atoms with Gasteiger partial charge in [0.25, 0.3) is 11.8 Å². The fraction of sp³-hybridized carbons (Fsp3) is 0.147. The second-order valence-corrected chi connectivity index (χ2v) is 10.5. The Kier molecular flexibility index (Phi) is 6.23. The van der Waals surface area contributed by atoms with Crippen LogP contribution in [0.3, 0.4) is 0 Å². The van der Waals surface area contributed by atoms with Gasteiger partial charge in [0.2, 0.25) is 0 Å². The van der Waals surface area contributed by atoms with E-state index in [0.717, 1.165) is 33.3 Å². The first kappa shape index (κ1) is 25.6. The van der Waals surface area contributed by atoms with Gasteiger partial charge >= 0.3 is 6.03 Å². The molecule has 0 spiro atoms. The third-order valence-electron chi connectivity index (χ3n) is 8.14. The molecule has 1 fully saturated rings. The maximum atomic E-state index is 14.3. The van der Waals surface area contributed by atoms with E-state index >= 15 is 0 Å². The number of benzene rings is 4. The molecule has 4 amide bonds. The van der Waals surface area contributed by atoms with Crippen LogP contribution in [0.2, 0.25) is 0 Å². The number of carbonyl (C=O) groups is 3. The lowest BCUT2D eigenvalue weighted by Gasteiger charge is -2.36. The first-order valence-corrected chi connectivity index (χ1v) is 13.9. The smallest absolute Gasteiger partial charge is 0.332 e. The van der Waals surface area contributed by atoms with Gasteiger partial charge in [-0.1, -0.05) is 72.8 Å². The van der Waals surface area contributed by atoms with E-state index in [1.807, 2.05) is 78.9 Å². The Morgan fingerprint density at radius 2 is 1.69 bits per heavy atom. The Labute approximate surface area is 242 Å². The Morgan fingerprint density at radius 1 is 0.929 bits per heavy atom. The van der Waals surface area contributed by atoms with Gasteiger partial charge in [0.1, 0.15) is 17.8 Å². The summed E-state index contributed by atoms with van der Waals surface area (Å²) >= 11 is 0. The maximum absolute atomic E-state index is 14.3. The van der Waals surface area contributed by atoms with E-state index in [1.165, 1.54) is 4.90 Å². The quantitative estimate of drug-likeness (QED) is 0.267. The number of para-hydroxylation sites is 2. The fourth-order valence-electron chi connectivity index (χ4n) is 6.19. The van der Waals surface area contributed by atoms with Gasteiger partial charge in [0.15, 0.2) is 0 Å². The number of nitrogens with zero attached hydrogens (tertiary/aromatic N) is 2. The number of rotatable bonds is 6. The van der Waals surface area contributed by atoms with Crippen molar-refractivity contribution in [1.82, 2.24) is 15.2 Å². The van der Waals surface area contributed by atoms with Crippen molar-refractivity contribution in [2.24, 2.45) is 0 Å². The van der Waals surface area contributed by atoms with Crippen LogP contribution in [-0.4, -0.2) is 40.9 Å². The topological polar surface area (TPSA) is 94.7 Å². The van der Waals surface area contributed by atoms with Crippen molar-refractivity contribution in [2.75, 3.05) is 12.0 Å². The van der Waals surface area contributed by atoms with Crippen molar-refractivity contribution in [1.29, 1.82) is 0 Å². The Hall–Kier alpha value is -5.37. The molecule has 2 aliphatic heterocycles. The van der Waals surface area contributed by atoms with Crippen molar-refractivity contribution in [3.05, 3.63) is 131 Å². The van der Waals surface area contributed by atoms with E-state index < -0.39 is 18.1 Å². The van der Waals surface area contributed by atoms with Crippen LogP contribution in [0, 0.1) is 0 Å². The van der Waals surface area contributed by atoms with Gasteiger partial charge in [0.05, 0.1) is 18.4 Å². The molecule has 3 heterocycles. The second kappa shape index (κ2) is 10.2. The fourth-order valence-corrected chi connectivity index (χ4v) is 6.19. The molecule has 0 bridgehead atoms. The van der Waals surface area contributed by atoms with Gasteiger partial charge in [-0.15, -0.1) is 0 Å². The van der Waals surface area contributed by atoms with E-state index in [1.54, 1.807) is 36.3 Å². The summed E-state index contributed by atoms with van der Waals surface area (Å²) in [5.41, 5.74) is 5.14. The molecular formula is C34H28N4O4. The number of carbonyl (C=O) groups excluding carboxylic acids is 3. The highest BCUT2D eigenvalue weighted by Crippen LogP contribution is 2.45. The number of aromatic nitrogens is 1. The lowest BCUT2D eigenvalue weighted by Crippen LogP contribution is -2.44. The molecule has 0 aliphatic carbocycles. The number of H-pyrrole nitrogens is 1. The van der Waals surface area contributed by atoms with Crippen LogP contribution >= 0.6 is 0 Å². The molecule has 1 saturated heterocycles. The number of imide groups is 1. The molecule has 2 atom stereocenters. The predicted molar refractivity (Wildman–Crippen MR) is 159 cm³/mol. The lowest BCUT2D eigenvalue weighted by atomic mass is 9.89. The number of aromatic amines is 1. The third kappa shape index (κ3) is 4.11. The molecule has 1 unspecified atom stereocenters. The van der Waals surface area contributed by atoms with Gasteiger partial charge in [-0.05, 0) is 47.0 Å². The number of methoxy groups -OCH3 is 1. The van der Waals surface area contributed by atoms with E-state index in [2.05, 4.69) is 10.3 Å². The minimum Gasteiger partial charge on any atom is -0.497 e. The molecule has 0 radical (unpaired) electrons. The van der Waals surface area contributed by atoms with E-state index in [4.69, 9.17) is 4.74 Å². The van der Waals surface area contributed by atoms with Crippen molar-refractivity contribution in [3.8, 4) is 5.75 Å². The zero-order valence-corrected chi connectivity index (χ0v) is 22.9. The Bertz CT molecular complexity index is 1850. The van der Waals surface area contributed by atoms with Crippen LogP contribution in [0.5, 0.6) is 5.75 Å². The highest BCUT2D eigenvalue weighted by Gasteiger charge is 2.53. The van der Waals surface area contributed by atoms with E-state index in [9.17, 15) is 14.4 Å². The van der Waals surface area contributed by atoms with Crippen molar-refractivity contribution >= 4 is 34.4 Å². The summed E-state index contributed by atoms with van der Waals surface area (Å²) in [5, 5.41) is 3.96. The predicted octanol–water partition coefficient (Wildman–Crippen LogP) is 5.59. The monoisotopic (exact) mass is 556 g/mol. The number of fused-ring (bicyclic) bond motifs is 4. The number of nitrogens with one attached hydrogen (secondary N) is 2. The Morgan fingerprint density at radius 3 is 2.52 bits per heavy atom. The summed E-state index contributed by atoms with van der Waals surface area (Å²) in [7, 11) is 1.60. The van der Waals surface area contributed by atoms with Gasteiger partial charge < -0.3 is 15.0 Å². The molecular weight excluding hydrogens is 528 g/mol. The van der Waals surface area contributed by atoms with E-state index in [-0.39, 0.29) is 23.1 Å². The van der Waals surface area contributed by atoms with Crippen LogP contribution in [0.15, 0.2) is 103 Å². The molecule has 5 aromatic rings. The first-order chi connectivity index (χ1) is 20.5. The molecule has 42 heavy (non-hydrogen) atoms. The third-order valence-corrected chi connectivity index (χ3v) is 8.14. The SMILES string of the molecule is COc1cccc(C2c3[nH]c4ccccc4c3C[C@H]3C(=O)N(c4ccccc4C(=O)NCc4ccccc4)C(=O)N23)c1. The van der Waals surface area contributed by atoms with Gasteiger partial charge in [-0.2, -0.15) is 0 Å². The van der Waals surface area contributed by atoms with Crippen molar-refractivity contribution < 1.29 is 19.1 Å². The number of urea groups is 1. The molecule has 8 heteroatoms. The molecule has 8 nitrogen and oxygen atoms in total. The molecule has 7 rings (SSSR count). The standard InChI is InChI=1S/C34H28N4O4/c1-42-23-13-9-12-22(18-23)31-30-26(24-14-5-7-16-27(24)36-30)19-29-33(40)38(34(41)37(29)31)28-17-8-6-15-25(28)32(39)35-20-21-10-3-2-4-11-21/h2-18,29,31,36H,19-20H2,1H3,(H,35,39)/t29-,31?/m0/s1. The largest absolute Gasteiger partial charge is 0.497 e. The number of amides is 4. The minimum absolute atomic E-state index is 0.261. The van der Waals surface area contributed by atoms with Crippen molar-refractivity contribution in [3.63, 3.8) is 0 Å². The Balaban J connectivity index is 1.30. The highest BCUT2D eigenvalue weighted by atomic mass is 16.5. The molecule has 208 valence electrons. The first-order valence-electron chi connectivity index (χ1n) is 13.9. The average molecular weight is 557 g/mol. The summed E-state index contributed by atoms with van der Waals surface area (Å²) in [6, 6.07) is 30.1. The zero-order valence-electron chi connectivity index (χ0n) is 22.9. The number of hydrogen-bond acceptors (Lipinski definition) is 4. The van der Waals surface area contributed by atoms with E-state index in [0.29, 0.717) is 18.7 Å². The molecule has 2 N–H and O–H groups in total. The van der Waals surface area contributed by atoms with Gasteiger partial charge in [0, 0.05) is 29.6 Å². The minimum atomic E-state index is -0.735. The van der Waals surface area contributed by atoms with Crippen LogP contribution in [0.4, 0.5) is 10.5 Å². The summed E-state index contributed by atoms with van der Waals surface area (Å²) in [5.74, 6) is -0.0600. The van der Waals surface area contributed by atoms with Gasteiger partial charge in [-0.25, -0.2) is 9.69 Å². The molecule has 2 aliphatic rings. The molecule has 1 aromatic heterocycles. The number of anilines is 1. The summed E-state index contributed by atoms with van der Waals surface area (Å²) in [6.45, 7) is 0.324. The second-order valence-electron chi connectivity index (χ2n) is 10.5.